The molecule has 0 aliphatic heterocycles. The monoisotopic (exact) mass is 150 g/mol. The number of aldehydes is 1. The highest BCUT2D eigenvalue weighted by atomic mass is 16.1. The van der Waals surface area contributed by atoms with Crippen LogP contribution in [0.3, 0.4) is 0 Å². The fraction of sp³-hybridized carbons (Fsp3) is 0.300. The Morgan fingerprint density at radius 1 is 1.45 bits per heavy atom. The standard InChI is InChI=1S/C9H10O.CH4/c1-8-3-2-4-9(7-8)5-6-10;/h2-4,6-7H,5H2,1H3;1H4. The van der Waals surface area contributed by atoms with Gasteiger partial charge < -0.3 is 4.79 Å². The van der Waals surface area contributed by atoms with E-state index in [0.717, 1.165) is 11.8 Å². The Balaban J connectivity index is 0.000001000. The molecule has 0 radical (unpaired) electrons. The van der Waals surface area contributed by atoms with Gasteiger partial charge in [-0.1, -0.05) is 37.3 Å². The number of benzene rings is 1. The lowest BCUT2D eigenvalue weighted by Gasteiger charge is -1.94. The van der Waals surface area contributed by atoms with Crippen LogP contribution in [0.4, 0.5) is 0 Å². The Labute approximate surface area is 68.1 Å². The van der Waals surface area contributed by atoms with Crippen LogP contribution >= 0.6 is 0 Å². The minimum absolute atomic E-state index is 0. The van der Waals surface area contributed by atoms with Crippen molar-refractivity contribution in [1.82, 2.24) is 0 Å². The van der Waals surface area contributed by atoms with Crippen molar-refractivity contribution in [2.45, 2.75) is 20.8 Å². The summed E-state index contributed by atoms with van der Waals surface area (Å²) in [5, 5.41) is 0. The van der Waals surface area contributed by atoms with Gasteiger partial charge in [-0.15, -0.1) is 0 Å². The Morgan fingerprint density at radius 2 is 2.18 bits per heavy atom. The van der Waals surface area contributed by atoms with E-state index in [0.29, 0.717) is 6.42 Å². The molecule has 1 aromatic rings. The van der Waals surface area contributed by atoms with Gasteiger partial charge in [-0.3, -0.25) is 0 Å². The van der Waals surface area contributed by atoms with Crippen molar-refractivity contribution in [3.8, 4) is 0 Å². The first-order valence-corrected chi connectivity index (χ1v) is 3.32. The highest BCUT2D eigenvalue weighted by Crippen LogP contribution is 2.02. The summed E-state index contributed by atoms with van der Waals surface area (Å²) in [6.07, 6.45) is 1.45. The summed E-state index contributed by atoms with van der Waals surface area (Å²) in [7, 11) is 0. The van der Waals surface area contributed by atoms with E-state index in [1.54, 1.807) is 0 Å². The molecule has 1 heteroatoms. The topological polar surface area (TPSA) is 17.1 Å². The number of carbonyl (C=O) groups is 1. The van der Waals surface area contributed by atoms with Crippen molar-refractivity contribution in [1.29, 1.82) is 0 Å². The molecular weight excluding hydrogens is 136 g/mol. The van der Waals surface area contributed by atoms with Gasteiger partial charge in [-0.2, -0.15) is 0 Å². The maximum Gasteiger partial charge on any atom is 0.124 e. The van der Waals surface area contributed by atoms with Crippen LogP contribution in [0.2, 0.25) is 0 Å². The van der Waals surface area contributed by atoms with Gasteiger partial charge in [0.25, 0.3) is 0 Å². The number of carbonyl (C=O) groups excluding carboxylic acids is 1. The molecule has 0 heterocycles. The van der Waals surface area contributed by atoms with Crippen LogP contribution in [-0.2, 0) is 11.2 Å². The Morgan fingerprint density at radius 3 is 2.73 bits per heavy atom. The number of hydrogen-bond donors (Lipinski definition) is 0. The third-order valence-corrected chi connectivity index (χ3v) is 1.40. The van der Waals surface area contributed by atoms with Gasteiger partial charge in [0.1, 0.15) is 6.29 Å². The van der Waals surface area contributed by atoms with E-state index in [-0.39, 0.29) is 7.43 Å². The van der Waals surface area contributed by atoms with Crippen LogP contribution in [-0.4, -0.2) is 6.29 Å². The highest BCUT2D eigenvalue weighted by Gasteiger charge is 1.89. The third-order valence-electron chi connectivity index (χ3n) is 1.40. The number of aryl methyl sites for hydroxylation is 1. The van der Waals surface area contributed by atoms with E-state index in [9.17, 15) is 4.79 Å². The van der Waals surface area contributed by atoms with Crippen molar-refractivity contribution in [3.63, 3.8) is 0 Å². The van der Waals surface area contributed by atoms with Gasteiger partial charge in [-0.25, -0.2) is 0 Å². The van der Waals surface area contributed by atoms with Crippen LogP contribution in [0.1, 0.15) is 18.6 Å². The lowest BCUT2D eigenvalue weighted by Crippen LogP contribution is -1.84. The van der Waals surface area contributed by atoms with Crippen molar-refractivity contribution in [3.05, 3.63) is 35.4 Å². The first kappa shape index (κ1) is 9.89. The Hall–Kier alpha value is -1.11. The molecule has 0 aromatic heterocycles. The van der Waals surface area contributed by atoms with Crippen LogP contribution < -0.4 is 0 Å². The molecule has 11 heavy (non-hydrogen) atoms. The molecule has 1 aromatic carbocycles. The predicted molar refractivity (Wildman–Crippen MR) is 47.7 cm³/mol. The first-order chi connectivity index (χ1) is 4.83. The lowest BCUT2D eigenvalue weighted by atomic mass is 10.1. The maximum atomic E-state index is 10.1. The van der Waals surface area contributed by atoms with Gasteiger partial charge in [0.15, 0.2) is 0 Å². The molecule has 0 amide bonds. The fourth-order valence-corrected chi connectivity index (χ4v) is 0.935. The zero-order chi connectivity index (χ0) is 7.40. The summed E-state index contributed by atoms with van der Waals surface area (Å²) in [4.78, 5) is 10.1. The molecule has 1 nitrogen and oxygen atoms in total. The molecule has 0 atom stereocenters. The third kappa shape index (κ3) is 2.99. The molecule has 1 rings (SSSR count). The smallest absolute Gasteiger partial charge is 0.124 e. The van der Waals surface area contributed by atoms with Crippen LogP contribution in [0, 0.1) is 6.92 Å². The lowest BCUT2D eigenvalue weighted by molar-refractivity contribution is -0.107. The average molecular weight is 150 g/mol. The second-order valence-electron chi connectivity index (χ2n) is 2.36. The van der Waals surface area contributed by atoms with Crippen molar-refractivity contribution >= 4 is 6.29 Å². The van der Waals surface area contributed by atoms with Crippen LogP contribution in [0.5, 0.6) is 0 Å². The van der Waals surface area contributed by atoms with Crippen molar-refractivity contribution in [2.75, 3.05) is 0 Å². The predicted octanol–water partition coefficient (Wildman–Crippen LogP) is 2.37. The quantitative estimate of drug-likeness (QED) is 0.591. The summed E-state index contributed by atoms with van der Waals surface area (Å²) < 4.78 is 0. The highest BCUT2D eigenvalue weighted by molar-refractivity contribution is 5.54. The summed E-state index contributed by atoms with van der Waals surface area (Å²) in [6.45, 7) is 2.02. The molecule has 0 bridgehead atoms. The Kier molecular flexibility index (Phi) is 4.20. The molecule has 0 unspecified atom stereocenters. The molecule has 0 N–H and O–H groups in total. The van der Waals surface area contributed by atoms with E-state index in [1.165, 1.54) is 5.56 Å². The van der Waals surface area contributed by atoms with E-state index in [1.807, 2.05) is 31.2 Å². The summed E-state index contributed by atoms with van der Waals surface area (Å²) in [6, 6.07) is 7.97. The normalized spacial score (nSPS) is 8.45. The van der Waals surface area contributed by atoms with E-state index in [2.05, 4.69) is 0 Å². The Bertz CT molecular complexity index is 228. The van der Waals surface area contributed by atoms with Gasteiger partial charge in [-0.05, 0) is 12.5 Å². The van der Waals surface area contributed by atoms with E-state index < -0.39 is 0 Å². The number of rotatable bonds is 2. The van der Waals surface area contributed by atoms with Gasteiger partial charge >= 0.3 is 0 Å². The van der Waals surface area contributed by atoms with E-state index >= 15 is 0 Å². The summed E-state index contributed by atoms with van der Waals surface area (Å²) >= 11 is 0. The second-order valence-corrected chi connectivity index (χ2v) is 2.36. The molecule has 60 valence electrons. The second kappa shape index (κ2) is 4.67. The van der Waals surface area contributed by atoms with Crippen molar-refractivity contribution < 1.29 is 4.79 Å². The zero-order valence-electron chi connectivity index (χ0n) is 6.00. The molecule has 0 saturated heterocycles. The summed E-state index contributed by atoms with van der Waals surface area (Å²) in [5.74, 6) is 0. The van der Waals surface area contributed by atoms with Gasteiger partial charge in [0.05, 0.1) is 0 Å². The largest absolute Gasteiger partial charge is 0.303 e. The van der Waals surface area contributed by atoms with E-state index in [4.69, 9.17) is 0 Å². The fourth-order valence-electron chi connectivity index (χ4n) is 0.935. The summed E-state index contributed by atoms with van der Waals surface area (Å²) in [5.41, 5.74) is 2.30. The van der Waals surface area contributed by atoms with Crippen LogP contribution in [0.25, 0.3) is 0 Å². The molecular formula is C10H14O. The molecule has 0 aliphatic rings. The molecule has 0 fully saturated rings. The molecule has 0 spiro atoms. The average Bonchev–Trinajstić information content (AvgIpc) is 1.88. The van der Waals surface area contributed by atoms with Gasteiger partial charge in [0.2, 0.25) is 0 Å². The minimum Gasteiger partial charge on any atom is -0.303 e. The van der Waals surface area contributed by atoms with Crippen LogP contribution in [0.15, 0.2) is 24.3 Å². The van der Waals surface area contributed by atoms with Gasteiger partial charge in [0, 0.05) is 6.42 Å². The SMILES string of the molecule is C.Cc1cccc(CC=O)c1. The van der Waals surface area contributed by atoms with Crippen molar-refractivity contribution in [2.24, 2.45) is 0 Å². The zero-order valence-corrected chi connectivity index (χ0v) is 6.00. The number of hydrogen-bond acceptors (Lipinski definition) is 1. The first-order valence-electron chi connectivity index (χ1n) is 3.32. The maximum absolute atomic E-state index is 10.1. The minimum atomic E-state index is 0. The molecule has 0 aliphatic carbocycles. The molecule has 0 saturated carbocycles.